The third-order valence-corrected chi connectivity index (χ3v) is 1.77. The molecule has 0 aliphatic rings. The summed E-state index contributed by atoms with van der Waals surface area (Å²) in [5, 5.41) is 10.4. The number of nitro groups is 1. The number of nitrogens with zero attached hydrogens (tertiary/aromatic N) is 2. The Bertz CT molecular complexity index is 400. The van der Waals surface area contributed by atoms with Crippen LogP contribution in [0.25, 0.3) is 0 Å². The molecule has 0 saturated carbocycles. The van der Waals surface area contributed by atoms with Crippen molar-refractivity contribution in [2.45, 2.75) is 6.92 Å². The first-order chi connectivity index (χ1) is 6.50. The molecular weight excluding hydrogens is 227 g/mol. The van der Waals surface area contributed by atoms with Gasteiger partial charge in [-0.3, -0.25) is 10.1 Å². The monoisotopic (exact) mass is 232 g/mol. The third kappa shape index (κ3) is 2.68. The number of non-ortho nitro benzene ring substituents is 1. The third-order valence-electron chi connectivity index (χ3n) is 1.60. The predicted molar refractivity (Wildman–Crippen MR) is 56.6 cm³/mol. The Balaban J connectivity index is 3.14. The first kappa shape index (κ1) is 10.9. The molecule has 0 spiro atoms. The first-order valence-corrected chi connectivity index (χ1v) is 4.41. The molecule has 14 heavy (non-hydrogen) atoms. The molecule has 0 saturated heterocycles. The van der Waals surface area contributed by atoms with Gasteiger partial charge in [-0.2, -0.15) is 0 Å². The van der Waals surface area contributed by atoms with E-state index in [-0.39, 0.29) is 10.3 Å². The number of benzene rings is 1. The van der Waals surface area contributed by atoms with Gasteiger partial charge in [0.1, 0.15) is 0 Å². The van der Waals surface area contributed by atoms with Crippen LogP contribution >= 0.6 is 23.2 Å². The number of rotatable bonds is 2. The lowest BCUT2D eigenvalue weighted by Crippen LogP contribution is -1.88. The summed E-state index contributed by atoms with van der Waals surface area (Å²) in [4.78, 5) is 13.7. The molecule has 0 aromatic heterocycles. The minimum atomic E-state index is -0.469. The molecule has 0 bridgehead atoms. The number of aryl methyl sites for hydroxylation is 1. The minimum absolute atomic E-state index is 0.0205. The van der Waals surface area contributed by atoms with Crippen LogP contribution in [0.2, 0.25) is 0 Å². The minimum Gasteiger partial charge on any atom is -0.258 e. The van der Waals surface area contributed by atoms with Gasteiger partial charge in [-0.15, -0.1) is 0 Å². The summed E-state index contributed by atoms with van der Waals surface area (Å²) in [6.07, 6.45) is 0. The van der Waals surface area contributed by atoms with Crippen molar-refractivity contribution >= 4 is 39.2 Å². The van der Waals surface area contributed by atoms with E-state index in [2.05, 4.69) is 4.99 Å². The fourth-order valence-corrected chi connectivity index (χ4v) is 1.15. The highest BCUT2D eigenvalue weighted by Crippen LogP contribution is 2.24. The number of aliphatic imine (C=N–C) groups is 1. The summed E-state index contributed by atoms with van der Waals surface area (Å²) >= 11 is 10.7. The van der Waals surface area contributed by atoms with E-state index < -0.39 is 4.92 Å². The van der Waals surface area contributed by atoms with Gasteiger partial charge in [-0.05, 0) is 41.8 Å². The molecule has 1 aromatic carbocycles. The number of halogens is 2. The average molecular weight is 233 g/mol. The standard InChI is InChI=1S/C8H6Cl2N2O2/c1-5-4-6(12(13)14)2-3-7(5)11-8(9)10/h2-4H,1H3. The second-order valence-electron chi connectivity index (χ2n) is 2.58. The van der Waals surface area contributed by atoms with E-state index in [0.29, 0.717) is 11.3 Å². The lowest BCUT2D eigenvalue weighted by atomic mass is 10.2. The summed E-state index contributed by atoms with van der Waals surface area (Å²) in [7, 11) is 0. The second kappa shape index (κ2) is 4.39. The highest BCUT2D eigenvalue weighted by atomic mass is 35.5. The SMILES string of the molecule is Cc1cc([N+](=O)[O-])ccc1N=C(Cl)Cl. The fraction of sp³-hybridized carbons (Fsp3) is 0.125. The van der Waals surface area contributed by atoms with Crippen molar-refractivity contribution in [3.63, 3.8) is 0 Å². The summed E-state index contributed by atoms with van der Waals surface area (Å²) < 4.78 is -0.123. The molecule has 0 fully saturated rings. The lowest BCUT2D eigenvalue weighted by molar-refractivity contribution is -0.384. The van der Waals surface area contributed by atoms with Gasteiger partial charge in [0.05, 0.1) is 10.6 Å². The highest BCUT2D eigenvalue weighted by Gasteiger charge is 2.07. The summed E-state index contributed by atoms with van der Waals surface area (Å²) in [6, 6.07) is 4.26. The number of nitro benzene ring substituents is 1. The Morgan fingerprint density at radius 2 is 2.14 bits per heavy atom. The van der Waals surface area contributed by atoms with E-state index in [1.54, 1.807) is 6.92 Å². The Kier molecular flexibility index (Phi) is 3.43. The maximum atomic E-state index is 10.4. The zero-order valence-electron chi connectivity index (χ0n) is 7.20. The van der Waals surface area contributed by atoms with Crippen molar-refractivity contribution < 1.29 is 4.92 Å². The molecule has 0 radical (unpaired) electrons. The topological polar surface area (TPSA) is 55.5 Å². The van der Waals surface area contributed by atoms with Gasteiger partial charge in [-0.25, -0.2) is 4.99 Å². The Hall–Kier alpha value is -1.13. The van der Waals surface area contributed by atoms with Gasteiger partial charge in [0, 0.05) is 12.1 Å². The number of hydrogen-bond donors (Lipinski definition) is 0. The summed E-state index contributed by atoms with van der Waals surface area (Å²) in [5.41, 5.74) is 1.20. The molecule has 0 aliphatic heterocycles. The Labute approximate surface area is 90.3 Å². The maximum Gasteiger partial charge on any atom is 0.269 e. The van der Waals surface area contributed by atoms with Gasteiger partial charge in [-0.1, -0.05) is 0 Å². The Morgan fingerprint density at radius 1 is 1.50 bits per heavy atom. The van der Waals surface area contributed by atoms with Crippen LogP contribution in [0.4, 0.5) is 11.4 Å². The molecule has 0 N–H and O–H groups in total. The summed E-state index contributed by atoms with van der Waals surface area (Å²) in [5.74, 6) is 0. The molecule has 74 valence electrons. The zero-order chi connectivity index (χ0) is 10.7. The molecule has 0 amide bonds. The molecule has 6 heteroatoms. The molecule has 1 aromatic rings. The van der Waals surface area contributed by atoms with E-state index in [1.165, 1.54) is 18.2 Å². The highest BCUT2D eigenvalue weighted by molar-refractivity contribution is 6.95. The Morgan fingerprint density at radius 3 is 2.57 bits per heavy atom. The molecule has 0 unspecified atom stereocenters. The smallest absolute Gasteiger partial charge is 0.258 e. The van der Waals surface area contributed by atoms with Crippen LogP contribution in [0.5, 0.6) is 0 Å². The van der Waals surface area contributed by atoms with Gasteiger partial charge in [0.15, 0.2) is 4.63 Å². The van der Waals surface area contributed by atoms with Crippen molar-refractivity contribution in [1.82, 2.24) is 0 Å². The van der Waals surface area contributed by atoms with Crippen molar-refractivity contribution in [3.05, 3.63) is 33.9 Å². The fourth-order valence-electron chi connectivity index (χ4n) is 0.970. The largest absolute Gasteiger partial charge is 0.269 e. The number of hydrogen-bond acceptors (Lipinski definition) is 3. The van der Waals surface area contributed by atoms with Crippen LogP contribution in [-0.2, 0) is 0 Å². The van der Waals surface area contributed by atoms with Crippen molar-refractivity contribution in [2.24, 2.45) is 4.99 Å². The van der Waals surface area contributed by atoms with Crippen LogP contribution in [0.15, 0.2) is 23.2 Å². The summed E-state index contributed by atoms with van der Waals surface area (Å²) in [6.45, 7) is 1.70. The van der Waals surface area contributed by atoms with Crippen LogP contribution < -0.4 is 0 Å². The molecule has 0 heterocycles. The van der Waals surface area contributed by atoms with Crippen molar-refractivity contribution in [2.75, 3.05) is 0 Å². The predicted octanol–water partition coefficient (Wildman–Crippen LogP) is 3.37. The van der Waals surface area contributed by atoms with E-state index >= 15 is 0 Å². The molecule has 1 rings (SSSR count). The van der Waals surface area contributed by atoms with E-state index in [4.69, 9.17) is 23.2 Å². The molecule has 4 nitrogen and oxygen atoms in total. The van der Waals surface area contributed by atoms with Gasteiger partial charge in [0.2, 0.25) is 0 Å². The lowest BCUT2D eigenvalue weighted by Gasteiger charge is -1.98. The normalized spacial score (nSPS) is 9.64. The van der Waals surface area contributed by atoms with Crippen LogP contribution in [0.1, 0.15) is 5.56 Å². The van der Waals surface area contributed by atoms with Crippen molar-refractivity contribution in [3.8, 4) is 0 Å². The van der Waals surface area contributed by atoms with Gasteiger partial charge < -0.3 is 0 Å². The van der Waals surface area contributed by atoms with Gasteiger partial charge >= 0.3 is 0 Å². The molecule has 0 atom stereocenters. The van der Waals surface area contributed by atoms with Crippen LogP contribution in [0, 0.1) is 17.0 Å². The van der Waals surface area contributed by atoms with E-state index in [0.717, 1.165) is 0 Å². The quantitative estimate of drug-likeness (QED) is 0.446. The van der Waals surface area contributed by atoms with Gasteiger partial charge in [0.25, 0.3) is 5.69 Å². The maximum absolute atomic E-state index is 10.4. The second-order valence-corrected chi connectivity index (χ2v) is 3.49. The first-order valence-electron chi connectivity index (χ1n) is 3.65. The zero-order valence-corrected chi connectivity index (χ0v) is 8.71. The average Bonchev–Trinajstić information content (AvgIpc) is 2.07. The van der Waals surface area contributed by atoms with Crippen LogP contribution in [0.3, 0.4) is 0 Å². The van der Waals surface area contributed by atoms with E-state index in [1.807, 2.05) is 0 Å². The molecular formula is C8H6Cl2N2O2. The molecule has 0 aliphatic carbocycles. The van der Waals surface area contributed by atoms with Crippen LogP contribution in [-0.4, -0.2) is 9.55 Å². The van der Waals surface area contributed by atoms with Crippen molar-refractivity contribution in [1.29, 1.82) is 0 Å². The van der Waals surface area contributed by atoms with E-state index in [9.17, 15) is 10.1 Å².